The number of nitrogens with zero attached hydrogens (tertiary/aromatic N) is 1. The average molecular weight is 250 g/mol. The van der Waals surface area contributed by atoms with Gasteiger partial charge in [0.1, 0.15) is 0 Å². The van der Waals surface area contributed by atoms with E-state index in [4.69, 9.17) is 4.74 Å². The number of hydrogen-bond donors (Lipinski definition) is 1. The molecule has 0 fully saturated rings. The maximum absolute atomic E-state index is 5.40. The van der Waals surface area contributed by atoms with E-state index >= 15 is 0 Å². The second-order valence-corrected chi connectivity index (χ2v) is 4.56. The SMILES string of the molecule is CCCNC(CCCOCC)Cc1cccnc1. The van der Waals surface area contributed by atoms with E-state index in [1.165, 1.54) is 12.0 Å². The van der Waals surface area contributed by atoms with Gasteiger partial charge >= 0.3 is 0 Å². The molecular formula is C15H26N2O. The lowest BCUT2D eigenvalue weighted by atomic mass is 10.0. The molecule has 1 unspecified atom stereocenters. The van der Waals surface area contributed by atoms with Crippen LogP contribution in [-0.2, 0) is 11.2 Å². The lowest BCUT2D eigenvalue weighted by Gasteiger charge is -2.18. The second-order valence-electron chi connectivity index (χ2n) is 4.56. The molecule has 1 heterocycles. The van der Waals surface area contributed by atoms with E-state index in [1.807, 2.05) is 25.4 Å². The van der Waals surface area contributed by atoms with Gasteiger partial charge in [-0.15, -0.1) is 0 Å². The van der Waals surface area contributed by atoms with Gasteiger partial charge in [-0.2, -0.15) is 0 Å². The number of pyridine rings is 1. The van der Waals surface area contributed by atoms with Crippen LogP contribution in [0.25, 0.3) is 0 Å². The van der Waals surface area contributed by atoms with Crippen molar-refractivity contribution in [3.63, 3.8) is 0 Å². The third-order valence-corrected chi connectivity index (χ3v) is 2.93. The van der Waals surface area contributed by atoms with E-state index in [0.29, 0.717) is 6.04 Å². The Morgan fingerprint density at radius 3 is 2.94 bits per heavy atom. The van der Waals surface area contributed by atoms with Crippen molar-refractivity contribution in [1.29, 1.82) is 0 Å². The Morgan fingerprint density at radius 1 is 1.39 bits per heavy atom. The van der Waals surface area contributed by atoms with Crippen LogP contribution in [0.2, 0.25) is 0 Å². The summed E-state index contributed by atoms with van der Waals surface area (Å²) in [5, 5.41) is 3.61. The zero-order valence-corrected chi connectivity index (χ0v) is 11.7. The predicted molar refractivity (Wildman–Crippen MR) is 75.7 cm³/mol. The van der Waals surface area contributed by atoms with Gasteiger partial charge < -0.3 is 10.1 Å². The van der Waals surface area contributed by atoms with Crippen LogP contribution in [0.4, 0.5) is 0 Å². The molecule has 3 heteroatoms. The highest BCUT2D eigenvalue weighted by molar-refractivity contribution is 5.10. The molecular weight excluding hydrogens is 224 g/mol. The summed E-state index contributed by atoms with van der Waals surface area (Å²) in [6, 6.07) is 4.69. The monoisotopic (exact) mass is 250 g/mol. The van der Waals surface area contributed by atoms with Gasteiger partial charge in [0, 0.05) is 31.6 Å². The predicted octanol–water partition coefficient (Wildman–Crippen LogP) is 2.81. The van der Waals surface area contributed by atoms with Crippen LogP contribution < -0.4 is 5.32 Å². The van der Waals surface area contributed by atoms with Crippen LogP contribution in [0.3, 0.4) is 0 Å². The van der Waals surface area contributed by atoms with Crippen LogP contribution in [0.1, 0.15) is 38.7 Å². The van der Waals surface area contributed by atoms with E-state index in [1.54, 1.807) is 0 Å². The molecule has 3 nitrogen and oxygen atoms in total. The fourth-order valence-electron chi connectivity index (χ4n) is 2.00. The van der Waals surface area contributed by atoms with E-state index in [-0.39, 0.29) is 0 Å². The summed E-state index contributed by atoms with van der Waals surface area (Å²) in [4.78, 5) is 4.18. The Morgan fingerprint density at radius 2 is 2.28 bits per heavy atom. The number of nitrogens with one attached hydrogen (secondary N) is 1. The van der Waals surface area contributed by atoms with Crippen molar-refractivity contribution >= 4 is 0 Å². The van der Waals surface area contributed by atoms with E-state index in [2.05, 4.69) is 23.3 Å². The number of rotatable bonds is 10. The van der Waals surface area contributed by atoms with Gasteiger partial charge in [-0.1, -0.05) is 13.0 Å². The summed E-state index contributed by atoms with van der Waals surface area (Å²) in [6.45, 7) is 7.01. The number of ether oxygens (including phenoxy) is 1. The zero-order chi connectivity index (χ0) is 13.1. The van der Waals surface area contributed by atoms with Crippen molar-refractivity contribution in [3.8, 4) is 0 Å². The fraction of sp³-hybridized carbons (Fsp3) is 0.667. The molecule has 1 aromatic rings. The maximum Gasteiger partial charge on any atom is 0.0466 e. The average Bonchev–Trinajstić information content (AvgIpc) is 2.41. The summed E-state index contributed by atoms with van der Waals surface area (Å²) in [5.74, 6) is 0. The quantitative estimate of drug-likeness (QED) is 0.648. The highest BCUT2D eigenvalue weighted by atomic mass is 16.5. The maximum atomic E-state index is 5.40. The third kappa shape index (κ3) is 6.72. The molecule has 1 rings (SSSR count). The van der Waals surface area contributed by atoms with Gasteiger partial charge in [0.2, 0.25) is 0 Å². The van der Waals surface area contributed by atoms with Crippen LogP contribution >= 0.6 is 0 Å². The molecule has 0 amide bonds. The molecule has 0 spiro atoms. The van der Waals surface area contributed by atoms with Crippen LogP contribution in [0, 0.1) is 0 Å². The molecule has 0 aliphatic carbocycles. The Bertz CT molecular complexity index is 290. The standard InChI is InChI=1S/C15H26N2O/c1-3-9-17-15(8-6-11-18-4-2)12-14-7-5-10-16-13-14/h5,7,10,13,15,17H,3-4,6,8-9,11-12H2,1-2H3. The summed E-state index contributed by atoms with van der Waals surface area (Å²) >= 11 is 0. The number of hydrogen-bond acceptors (Lipinski definition) is 3. The molecule has 102 valence electrons. The highest BCUT2D eigenvalue weighted by Crippen LogP contribution is 2.07. The normalized spacial score (nSPS) is 12.6. The summed E-state index contributed by atoms with van der Waals surface area (Å²) in [5.41, 5.74) is 1.31. The zero-order valence-electron chi connectivity index (χ0n) is 11.7. The minimum absolute atomic E-state index is 0.537. The minimum atomic E-state index is 0.537. The molecule has 0 aliphatic heterocycles. The van der Waals surface area contributed by atoms with Crippen molar-refractivity contribution in [1.82, 2.24) is 10.3 Å². The molecule has 1 aromatic heterocycles. The molecule has 0 saturated heterocycles. The first-order valence-corrected chi connectivity index (χ1v) is 7.06. The van der Waals surface area contributed by atoms with Crippen LogP contribution in [-0.4, -0.2) is 30.8 Å². The van der Waals surface area contributed by atoms with E-state index in [9.17, 15) is 0 Å². The summed E-state index contributed by atoms with van der Waals surface area (Å²) in [7, 11) is 0. The van der Waals surface area contributed by atoms with E-state index in [0.717, 1.165) is 39.0 Å². The first-order chi connectivity index (χ1) is 8.86. The van der Waals surface area contributed by atoms with Crippen molar-refractivity contribution < 1.29 is 4.74 Å². The molecule has 18 heavy (non-hydrogen) atoms. The molecule has 0 aromatic carbocycles. The lowest BCUT2D eigenvalue weighted by Crippen LogP contribution is -2.32. The lowest BCUT2D eigenvalue weighted by molar-refractivity contribution is 0.140. The number of aromatic nitrogens is 1. The molecule has 1 atom stereocenters. The molecule has 1 N–H and O–H groups in total. The minimum Gasteiger partial charge on any atom is -0.382 e. The molecule has 0 saturated carbocycles. The van der Waals surface area contributed by atoms with Crippen molar-refractivity contribution in [2.75, 3.05) is 19.8 Å². The first kappa shape index (κ1) is 15.1. The summed E-state index contributed by atoms with van der Waals surface area (Å²) in [6.07, 6.45) is 8.30. The van der Waals surface area contributed by atoms with Gasteiger partial charge in [-0.3, -0.25) is 4.98 Å². The van der Waals surface area contributed by atoms with Gasteiger partial charge in [-0.05, 0) is 50.8 Å². The largest absolute Gasteiger partial charge is 0.382 e. The Hall–Kier alpha value is -0.930. The highest BCUT2D eigenvalue weighted by Gasteiger charge is 2.08. The Kier molecular flexibility index (Phi) is 8.43. The van der Waals surface area contributed by atoms with Crippen molar-refractivity contribution in [2.24, 2.45) is 0 Å². The first-order valence-electron chi connectivity index (χ1n) is 7.06. The van der Waals surface area contributed by atoms with Gasteiger partial charge in [0.05, 0.1) is 0 Å². The molecule has 0 bridgehead atoms. The fourth-order valence-corrected chi connectivity index (χ4v) is 2.00. The smallest absolute Gasteiger partial charge is 0.0466 e. The van der Waals surface area contributed by atoms with Crippen LogP contribution in [0.15, 0.2) is 24.5 Å². The topological polar surface area (TPSA) is 34.1 Å². The van der Waals surface area contributed by atoms with Gasteiger partial charge in [0.25, 0.3) is 0 Å². The second kappa shape index (κ2) is 10.0. The van der Waals surface area contributed by atoms with Crippen molar-refractivity contribution in [3.05, 3.63) is 30.1 Å². The van der Waals surface area contributed by atoms with E-state index < -0.39 is 0 Å². The third-order valence-electron chi connectivity index (χ3n) is 2.93. The van der Waals surface area contributed by atoms with Crippen molar-refractivity contribution in [2.45, 2.75) is 45.6 Å². The summed E-state index contributed by atoms with van der Waals surface area (Å²) < 4.78 is 5.40. The Balaban J connectivity index is 2.35. The van der Waals surface area contributed by atoms with Gasteiger partial charge in [0.15, 0.2) is 0 Å². The van der Waals surface area contributed by atoms with Gasteiger partial charge in [-0.25, -0.2) is 0 Å². The van der Waals surface area contributed by atoms with Crippen LogP contribution in [0.5, 0.6) is 0 Å². The Labute approximate surface area is 111 Å². The molecule has 0 aliphatic rings. The molecule has 0 radical (unpaired) electrons.